The van der Waals surface area contributed by atoms with Gasteiger partial charge in [-0.3, -0.25) is 0 Å². The van der Waals surface area contributed by atoms with Gasteiger partial charge in [0.2, 0.25) is 0 Å². The van der Waals surface area contributed by atoms with Crippen LogP contribution in [-0.2, 0) is 0 Å². The Morgan fingerprint density at radius 1 is 0.436 bits per heavy atom. The number of furan rings is 1. The minimum Gasteiger partial charge on any atom is -0.455 e. The third-order valence-corrected chi connectivity index (χ3v) is 11.4. The van der Waals surface area contributed by atoms with Gasteiger partial charge in [-0.1, -0.05) is 133 Å². The van der Waals surface area contributed by atoms with Gasteiger partial charge in [0.05, 0.1) is 11.1 Å². The van der Waals surface area contributed by atoms with E-state index in [4.69, 9.17) is 19.4 Å². The Balaban J connectivity index is 1.24. The molecule has 0 fully saturated rings. The summed E-state index contributed by atoms with van der Waals surface area (Å²) in [6, 6.07) is 63.2. The second kappa shape index (κ2) is 12.8. The molecule has 3 heterocycles. The number of aromatic nitrogens is 3. The van der Waals surface area contributed by atoms with Crippen LogP contribution in [-0.4, -0.2) is 15.0 Å². The molecule has 0 amide bonds. The topological polar surface area (TPSA) is 55.1 Å². The second-order valence-electron chi connectivity index (χ2n) is 13.6. The number of para-hydroxylation sites is 1. The van der Waals surface area contributed by atoms with Crippen LogP contribution in [0.5, 0.6) is 0 Å². The zero-order chi connectivity index (χ0) is 36.3. The third kappa shape index (κ3) is 5.26. The van der Waals surface area contributed by atoms with Crippen molar-refractivity contribution >= 4 is 81.3 Å². The number of nitrogens with zero attached hydrogens (tertiary/aromatic N) is 4. The maximum absolute atomic E-state index is 6.94. The van der Waals surface area contributed by atoms with Crippen LogP contribution >= 0.6 is 11.3 Å². The van der Waals surface area contributed by atoms with Crippen molar-refractivity contribution in [2.45, 2.75) is 0 Å². The fourth-order valence-electron chi connectivity index (χ4n) is 7.78. The first-order chi connectivity index (χ1) is 27.3. The Labute approximate surface area is 320 Å². The van der Waals surface area contributed by atoms with Gasteiger partial charge in [0.1, 0.15) is 11.2 Å². The van der Waals surface area contributed by atoms with Crippen molar-refractivity contribution in [1.29, 1.82) is 0 Å². The number of rotatable bonds is 6. The first-order valence-corrected chi connectivity index (χ1v) is 19.1. The fraction of sp³-hybridized carbons (Fsp3) is 0. The Kier molecular flexibility index (Phi) is 7.28. The van der Waals surface area contributed by atoms with E-state index >= 15 is 0 Å². The normalized spacial score (nSPS) is 11.6. The van der Waals surface area contributed by atoms with Crippen molar-refractivity contribution in [3.05, 3.63) is 182 Å². The number of benzene rings is 8. The molecule has 5 nitrogen and oxygen atoms in total. The van der Waals surface area contributed by atoms with E-state index in [0.29, 0.717) is 17.5 Å². The summed E-state index contributed by atoms with van der Waals surface area (Å²) in [5.74, 6) is 1.81. The lowest BCUT2D eigenvalue weighted by Crippen LogP contribution is -2.10. The van der Waals surface area contributed by atoms with Crippen molar-refractivity contribution in [3.8, 4) is 34.2 Å². The van der Waals surface area contributed by atoms with E-state index in [2.05, 4.69) is 114 Å². The highest BCUT2D eigenvalue weighted by molar-refractivity contribution is 7.25. The molecule has 258 valence electrons. The molecule has 6 heteroatoms. The van der Waals surface area contributed by atoms with Crippen molar-refractivity contribution in [2.75, 3.05) is 4.90 Å². The van der Waals surface area contributed by atoms with E-state index in [1.807, 2.05) is 84.1 Å². The summed E-state index contributed by atoms with van der Waals surface area (Å²) in [5, 5.41) is 6.57. The Morgan fingerprint density at radius 3 is 1.80 bits per heavy atom. The van der Waals surface area contributed by atoms with E-state index in [1.54, 1.807) is 0 Å². The van der Waals surface area contributed by atoms with Crippen LogP contribution in [0, 0.1) is 0 Å². The molecular weight excluding hydrogens is 693 g/mol. The van der Waals surface area contributed by atoms with Crippen LogP contribution in [0.3, 0.4) is 0 Å². The van der Waals surface area contributed by atoms with Crippen LogP contribution < -0.4 is 4.90 Å². The van der Waals surface area contributed by atoms with E-state index in [0.717, 1.165) is 66.5 Å². The summed E-state index contributed by atoms with van der Waals surface area (Å²) < 4.78 is 9.48. The molecule has 0 N–H and O–H groups in total. The monoisotopic (exact) mass is 722 g/mol. The molecular formula is C49H30N4OS. The molecule has 0 aliphatic heterocycles. The van der Waals surface area contributed by atoms with Gasteiger partial charge in [0.15, 0.2) is 17.5 Å². The highest BCUT2D eigenvalue weighted by Gasteiger charge is 2.25. The summed E-state index contributed by atoms with van der Waals surface area (Å²) >= 11 is 1.83. The molecule has 0 bridgehead atoms. The third-order valence-electron chi connectivity index (χ3n) is 10.3. The molecule has 55 heavy (non-hydrogen) atoms. The molecule has 0 unspecified atom stereocenters. The number of thiophene rings is 1. The van der Waals surface area contributed by atoms with E-state index in [9.17, 15) is 0 Å². The van der Waals surface area contributed by atoms with Gasteiger partial charge in [0.25, 0.3) is 0 Å². The van der Waals surface area contributed by atoms with Crippen molar-refractivity contribution in [2.24, 2.45) is 0 Å². The summed E-state index contributed by atoms with van der Waals surface area (Å²) in [6.07, 6.45) is 0. The average molecular weight is 723 g/mol. The predicted molar refractivity (Wildman–Crippen MR) is 228 cm³/mol. The fourth-order valence-corrected chi connectivity index (χ4v) is 8.87. The lowest BCUT2D eigenvalue weighted by Gasteiger charge is -2.27. The zero-order valence-electron chi connectivity index (χ0n) is 29.4. The Bertz CT molecular complexity index is 3150. The average Bonchev–Trinajstić information content (AvgIpc) is 3.84. The molecule has 3 aromatic heterocycles. The molecule has 0 saturated heterocycles. The van der Waals surface area contributed by atoms with Crippen LogP contribution in [0.2, 0.25) is 0 Å². The minimum absolute atomic E-state index is 0.581. The van der Waals surface area contributed by atoms with Gasteiger partial charge in [-0.25, -0.2) is 15.0 Å². The van der Waals surface area contributed by atoms with Gasteiger partial charge in [0, 0.05) is 59.0 Å². The number of anilines is 3. The molecule has 0 aliphatic carbocycles. The molecule has 0 radical (unpaired) electrons. The maximum atomic E-state index is 6.94. The van der Waals surface area contributed by atoms with Crippen molar-refractivity contribution in [3.63, 3.8) is 0 Å². The highest BCUT2D eigenvalue weighted by Crippen LogP contribution is 2.49. The lowest BCUT2D eigenvalue weighted by atomic mass is 9.99. The minimum atomic E-state index is 0.581. The molecule has 8 aromatic carbocycles. The van der Waals surface area contributed by atoms with Crippen LogP contribution in [0.1, 0.15) is 0 Å². The molecule has 11 rings (SSSR count). The summed E-state index contributed by atoms with van der Waals surface area (Å²) in [4.78, 5) is 17.7. The summed E-state index contributed by atoms with van der Waals surface area (Å²) in [6.45, 7) is 0. The summed E-state index contributed by atoms with van der Waals surface area (Å²) in [5.41, 5.74) is 7.41. The highest BCUT2D eigenvalue weighted by atomic mass is 32.1. The number of hydrogen-bond acceptors (Lipinski definition) is 6. The van der Waals surface area contributed by atoms with Crippen molar-refractivity contribution in [1.82, 2.24) is 15.0 Å². The first-order valence-electron chi connectivity index (χ1n) is 18.3. The van der Waals surface area contributed by atoms with Crippen molar-refractivity contribution < 1.29 is 4.42 Å². The molecule has 0 spiro atoms. The van der Waals surface area contributed by atoms with Gasteiger partial charge >= 0.3 is 0 Å². The largest absolute Gasteiger partial charge is 0.455 e. The van der Waals surface area contributed by atoms with E-state index in [-0.39, 0.29) is 0 Å². The zero-order valence-corrected chi connectivity index (χ0v) is 30.2. The van der Waals surface area contributed by atoms with Gasteiger partial charge < -0.3 is 9.32 Å². The molecule has 0 aliphatic rings. The molecule has 11 aromatic rings. The smallest absolute Gasteiger partial charge is 0.164 e. The Morgan fingerprint density at radius 2 is 1.05 bits per heavy atom. The van der Waals surface area contributed by atoms with E-state index < -0.39 is 0 Å². The SMILES string of the molecule is c1ccc(-c2nc(-c3ccccc3)nc(-c3cccc4oc5c6ccccc6cc(N(c6ccccc6)c6ccc7sc8ccccc8c7c6)c5c34)n2)cc1. The quantitative estimate of drug-likeness (QED) is 0.171. The van der Waals surface area contributed by atoms with Gasteiger partial charge in [-0.05, 0) is 53.9 Å². The number of hydrogen-bond donors (Lipinski definition) is 0. The second-order valence-corrected chi connectivity index (χ2v) is 14.7. The van der Waals surface area contributed by atoms with E-state index in [1.165, 1.54) is 20.2 Å². The molecule has 0 atom stereocenters. The standard InChI is InChI=1S/C49H30N4OS/c1-4-15-31(16-5-1)47-50-48(32-17-6-2-7-18-32)52-49(51-47)38-24-14-25-41-44(38)45-40(29-33-19-10-11-22-36(33)46(45)54-41)53(34-20-8-3-9-21-34)35-27-28-43-39(30-35)37-23-12-13-26-42(37)55-43/h1-30H. The molecule has 0 saturated carbocycles. The van der Waals surface area contributed by atoms with Gasteiger partial charge in [-0.15, -0.1) is 11.3 Å². The van der Waals surface area contributed by atoms with Crippen LogP contribution in [0.25, 0.3) is 87.0 Å². The first kappa shape index (κ1) is 31.4. The Hall–Kier alpha value is -7.15. The van der Waals surface area contributed by atoms with Gasteiger partial charge in [-0.2, -0.15) is 0 Å². The number of fused-ring (bicyclic) bond motifs is 8. The van der Waals surface area contributed by atoms with Crippen LogP contribution in [0.4, 0.5) is 17.1 Å². The predicted octanol–water partition coefficient (Wildman–Crippen LogP) is 13.8. The summed E-state index contributed by atoms with van der Waals surface area (Å²) in [7, 11) is 0. The lowest BCUT2D eigenvalue weighted by molar-refractivity contribution is 0.673. The maximum Gasteiger partial charge on any atom is 0.164 e. The van der Waals surface area contributed by atoms with Crippen LogP contribution in [0.15, 0.2) is 186 Å².